The predicted molar refractivity (Wildman–Crippen MR) is 99.6 cm³/mol. The zero-order valence-corrected chi connectivity index (χ0v) is 17.4. The van der Waals surface area contributed by atoms with E-state index in [9.17, 15) is 9.59 Å². The highest BCUT2D eigenvalue weighted by Gasteiger charge is 2.56. The van der Waals surface area contributed by atoms with Crippen LogP contribution in [0.4, 0.5) is 0 Å². The van der Waals surface area contributed by atoms with E-state index in [4.69, 9.17) is 9.47 Å². The van der Waals surface area contributed by atoms with Crippen LogP contribution in [0.5, 0.6) is 0 Å². The zero-order chi connectivity index (χ0) is 18.4. The van der Waals surface area contributed by atoms with E-state index in [1.807, 2.05) is 0 Å². The van der Waals surface area contributed by atoms with Crippen LogP contribution in [0.15, 0.2) is 0 Å². The average Bonchev–Trinajstić information content (AvgIpc) is 3.02. The number of esters is 2. The fourth-order valence-electron chi connectivity index (χ4n) is 4.71. The molecule has 0 aromatic rings. The third kappa shape index (κ3) is 4.03. The van der Waals surface area contributed by atoms with E-state index in [-0.39, 0.29) is 0 Å². The van der Waals surface area contributed by atoms with Crippen LogP contribution in [-0.4, -0.2) is 34.2 Å². The molecule has 1 aliphatic rings. The van der Waals surface area contributed by atoms with Crippen LogP contribution in [-0.2, 0) is 19.1 Å². The molecule has 24 heavy (non-hydrogen) atoms. The smallest absolute Gasteiger partial charge is 0.323 e. The summed E-state index contributed by atoms with van der Waals surface area (Å²) in [6.07, 6.45) is 3.30. The fraction of sp³-hybridized carbons (Fsp3) is 0.895. The maximum absolute atomic E-state index is 12.4. The van der Waals surface area contributed by atoms with Gasteiger partial charge < -0.3 is 9.47 Å². The average molecular weight is 357 g/mol. The van der Waals surface area contributed by atoms with Crippen molar-refractivity contribution in [2.75, 3.05) is 14.2 Å². The molecule has 0 aromatic heterocycles. The van der Waals surface area contributed by atoms with Gasteiger partial charge >= 0.3 is 11.9 Å². The summed E-state index contributed by atoms with van der Waals surface area (Å²) < 4.78 is 9.96. The third-order valence-electron chi connectivity index (χ3n) is 6.86. The molecule has 1 fully saturated rings. The minimum Gasteiger partial charge on any atom is -0.468 e. The Hall–Kier alpha value is -0.843. The maximum atomic E-state index is 12.4. The van der Waals surface area contributed by atoms with Gasteiger partial charge in [-0.25, -0.2) is 0 Å². The lowest BCUT2D eigenvalue weighted by Crippen LogP contribution is -2.39. The number of rotatable bonds is 9. The fourth-order valence-corrected chi connectivity index (χ4v) is 8.25. The quantitative estimate of drug-likeness (QED) is 0.343. The standard InChI is InChI=1S/C19H36O4Si/c1-7-15-13-19(17(20)22-5,18(21)23-6)14-16(15)11-12-24(8-2,9-3)10-4/h15-16H,7-14H2,1-6H3/t15-,16-/m0/s1. The minimum absolute atomic E-state index is 0.403. The van der Waals surface area contributed by atoms with E-state index in [2.05, 4.69) is 27.7 Å². The van der Waals surface area contributed by atoms with E-state index >= 15 is 0 Å². The molecule has 0 N–H and O–H groups in total. The Morgan fingerprint density at radius 2 is 1.38 bits per heavy atom. The van der Waals surface area contributed by atoms with Crippen LogP contribution in [0.3, 0.4) is 0 Å². The Balaban J connectivity index is 2.96. The summed E-state index contributed by atoms with van der Waals surface area (Å²) in [5.41, 5.74) is -1.08. The highest BCUT2D eigenvalue weighted by molar-refractivity contribution is 6.79. The van der Waals surface area contributed by atoms with Crippen molar-refractivity contribution in [3.63, 3.8) is 0 Å². The lowest BCUT2D eigenvalue weighted by Gasteiger charge is -2.30. The summed E-state index contributed by atoms with van der Waals surface area (Å²) in [7, 11) is 1.55. The molecule has 1 aliphatic carbocycles. The van der Waals surface area contributed by atoms with E-state index < -0.39 is 25.4 Å². The second kappa shape index (κ2) is 9.02. The van der Waals surface area contributed by atoms with Gasteiger partial charge in [-0.3, -0.25) is 9.59 Å². The maximum Gasteiger partial charge on any atom is 0.323 e. The van der Waals surface area contributed by atoms with E-state index in [0.29, 0.717) is 24.7 Å². The predicted octanol–water partition coefficient (Wildman–Crippen LogP) is 4.65. The molecule has 0 bridgehead atoms. The number of hydrogen-bond acceptors (Lipinski definition) is 4. The molecular weight excluding hydrogens is 320 g/mol. The van der Waals surface area contributed by atoms with Crippen molar-refractivity contribution in [3.05, 3.63) is 0 Å². The largest absolute Gasteiger partial charge is 0.468 e. The molecule has 0 unspecified atom stereocenters. The summed E-state index contributed by atoms with van der Waals surface area (Å²) in [5, 5.41) is 0. The third-order valence-corrected chi connectivity index (χ3v) is 12.7. The molecular formula is C19H36O4Si. The Kier molecular flexibility index (Phi) is 7.97. The van der Waals surface area contributed by atoms with Crippen LogP contribution < -0.4 is 0 Å². The van der Waals surface area contributed by atoms with Gasteiger partial charge in [-0.1, -0.05) is 64.7 Å². The number of carbonyl (C=O) groups excluding carboxylic acids is 2. The number of methoxy groups -OCH3 is 2. The molecule has 0 aliphatic heterocycles. The van der Waals surface area contributed by atoms with Crippen molar-refractivity contribution >= 4 is 20.0 Å². The summed E-state index contributed by atoms with van der Waals surface area (Å²) in [5.74, 6) is -0.00856. The van der Waals surface area contributed by atoms with Gasteiger partial charge in [0, 0.05) is 0 Å². The van der Waals surface area contributed by atoms with E-state index in [1.165, 1.54) is 38.4 Å². The lowest BCUT2D eigenvalue weighted by atomic mass is 9.84. The van der Waals surface area contributed by atoms with Gasteiger partial charge in [0.2, 0.25) is 0 Å². The second-order valence-electron chi connectivity index (χ2n) is 7.50. The molecule has 0 heterocycles. The van der Waals surface area contributed by atoms with Crippen molar-refractivity contribution in [1.29, 1.82) is 0 Å². The van der Waals surface area contributed by atoms with Crippen molar-refractivity contribution < 1.29 is 19.1 Å². The van der Waals surface area contributed by atoms with Crippen molar-refractivity contribution in [3.8, 4) is 0 Å². The molecule has 140 valence electrons. The van der Waals surface area contributed by atoms with Crippen LogP contribution in [0.25, 0.3) is 0 Å². The first-order chi connectivity index (χ1) is 11.4. The Bertz CT molecular complexity index is 407. The zero-order valence-electron chi connectivity index (χ0n) is 16.4. The second-order valence-corrected chi connectivity index (χ2v) is 13.1. The lowest BCUT2D eigenvalue weighted by molar-refractivity contribution is -0.169. The molecule has 1 saturated carbocycles. The normalized spacial score (nSPS) is 23.1. The highest BCUT2D eigenvalue weighted by Crippen LogP contribution is 2.51. The molecule has 0 saturated heterocycles. The first-order valence-electron chi connectivity index (χ1n) is 9.55. The molecule has 0 amide bonds. The summed E-state index contributed by atoms with van der Waals surface area (Å²) >= 11 is 0. The monoisotopic (exact) mass is 356 g/mol. The van der Waals surface area contributed by atoms with Gasteiger partial charge in [0.25, 0.3) is 0 Å². The molecule has 1 rings (SSSR count). The van der Waals surface area contributed by atoms with Crippen LogP contribution in [0.1, 0.15) is 53.4 Å². The van der Waals surface area contributed by atoms with Gasteiger partial charge in [-0.2, -0.15) is 0 Å². The molecule has 0 radical (unpaired) electrons. The van der Waals surface area contributed by atoms with E-state index in [0.717, 1.165) is 12.8 Å². The highest BCUT2D eigenvalue weighted by atomic mass is 28.3. The molecule has 0 aromatic carbocycles. The Morgan fingerprint density at radius 1 is 0.917 bits per heavy atom. The van der Waals surface area contributed by atoms with Gasteiger partial charge in [0.15, 0.2) is 5.41 Å². The SMILES string of the molecule is CC[C@H]1CC(C(=O)OC)(C(=O)OC)C[C@@H]1CC[Si](CC)(CC)CC. The van der Waals surface area contributed by atoms with Crippen LogP contribution in [0.2, 0.25) is 24.2 Å². The van der Waals surface area contributed by atoms with Crippen molar-refractivity contribution in [2.24, 2.45) is 17.3 Å². The van der Waals surface area contributed by atoms with Gasteiger partial charge in [-0.05, 0) is 24.7 Å². The first kappa shape index (κ1) is 21.2. The Morgan fingerprint density at radius 3 is 1.75 bits per heavy atom. The van der Waals surface area contributed by atoms with Gasteiger partial charge in [-0.15, -0.1) is 0 Å². The molecule has 4 nitrogen and oxygen atoms in total. The van der Waals surface area contributed by atoms with Crippen molar-refractivity contribution in [1.82, 2.24) is 0 Å². The molecule has 2 atom stereocenters. The first-order valence-corrected chi connectivity index (χ1v) is 12.4. The molecule has 5 heteroatoms. The van der Waals surface area contributed by atoms with E-state index in [1.54, 1.807) is 0 Å². The van der Waals surface area contributed by atoms with Gasteiger partial charge in [0.05, 0.1) is 22.3 Å². The minimum atomic E-state index is -1.18. The summed E-state index contributed by atoms with van der Waals surface area (Å²) in [6.45, 7) is 9.15. The molecule has 0 spiro atoms. The number of carbonyl (C=O) groups is 2. The van der Waals surface area contributed by atoms with Crippen LogP contribution in [0, 0.1) is 17.3 Å². The topological polar surface area (TPSA) is 52.6 Å². The van der Waals surface area contributed by atoms with Crippen LogP contribution >= 0.6 is 0 Å². The number of hydrogen-bond donors (Lipinski definition) is 0. The summed E-state index contributed by atoms with van der Waals surface area (Å²) in [4.78, 5) is 24.8. The van der Waals surface area contributed by atoms with Crippen molar-refractivity contribution in [2.45, 2.75) is 77.6 Å². The number of ether oxygens (including phenoxy) is 2. The van der Waals surface area contributed by atoms with Gasteiger partial charge in [0.1, 0.15) is 0 Å². The summed E-state index contributed by atoms with van der Waals surface area (Å²) in [6, 6.07) is 5.27. The Labute approximate surface area is 148 Å².